The van der Waals surface area contributed by atoms with Gasteiger partial charge in [-0.3, -0.25) is 9.69 Å². The Kier molecular flexibility index (Phi) is 5.71. The van der Waals surface area contributed by atoms with Gasteiger partial charge in [-0.1, -0.05) is 48.0 Å². The van der Waals surface area contributed by atoms with Crippen LogP contribution in [-0.4, -0.2) is 66.4 Å². The summed E-state index contributed by atoms with van der Waals surface area (Å²) in [6, 6.07) is 10.5. The van der Waals surface area contributed by atoms with E-state index in [0.717, 1.165) is 38.4 Å². The van der Waals surface area contributed by atoms with Gasteiger partial charge >= 0.3 is 0 Å². The summed E-state index contributed by atoms with van der Waals surface area (Å²) in [7, 11) is 2.09. The highest BCUT2D eigenvalue weighted by Crippen LogP contribution is 2.23. The lowest BCUT2D eigenvalue weighted by atomic mass is 9.93. The molecule has 0 aromatic heterocycles. The molecule has 0 saturated carbocycles. The fourth-order valence-corrected chi connectivity index (χ4v) is 4.01. The molecule has 1 aliphatic carbocycles. The van der Waals surface area contributed by atoms with E-state index in [1.54, 1.807) is 6.08 Å². The van der Waals surface area contributed by atoms with Gasteiger partial charge in [-0.05, 0) is 24.8 Å². The Morgan fingerprint density at radius 1 is 1.18 bits per heavy atom. The highest BCUT2D eigenvalue weighted by molar-refractivity contribution is 6.46. The molecular formula is C21H24ClN5O. The SMILES string of the molecule is CN1CCN(Cc2ccccc2)CC(NC(=O)C2=NN=C3C=CC(Cl)=CC32)C1. The fourth-order valence-electron chi connectivity index (χ4n) is 3.82. The van der Waals surface area contributed by atoms with Crippen LogP contribution in [0.15, 0.2) is 63.8 Å². The monoisotopic (exact) mass is 397 g/mol. The number of rotatable bonds is 4. The third kappa shape index (κ3) is 4.41. The Morgan fingerprint density at radius 2 is 2.00 bits per heavy atom. The highest BCUT2D eigenvalue weighted by Gasteiger charge is 2.33. The molecule has 2 unspecified atom stereocenters. The van der Waals surface area contributed by atoms with Crippen molar-refractivity contribution < 1.29 is 4.79 Å². The molecule has 3 aliphatic rings. The van der Waals surface area contributed by atoms with Crippen LogP contribution in [0.25, 0.3) is 0 Å². The number of fused-ring (bicyclic) bond motifs is 1. The number of carbonyl (C=O) groups excluding carboxylic acids is 1. The van der Waals surface area contributed by atoms with Crippen LogP contribution in [0.3, 0.4) is 0 Å². The molecule has 1 aromatic rings. The first-order valence-corrected chi connectivity index (χ1v) is 9.93. The lowest BCUT2D eigenvalue weighted by Crippen LogP contribution is -2.49. The molecule has 0 spiro atoms. The highest BCUT2D eigenvalue weighted by atomic mass is 35.5. The molecule has 7 heteroatoms. The van der Waals surface area contributed by atoms with Crippen LogP contribution in [0.4, 0.5) is 0 Å². The third-order valence-electron chi connectivity index (χ3n) is 5.25. The Morgan fingerprint density at radius 3 is 2.82 bits per heavy atom. The molecule has 2 atom stereocenters. The zero-order chi connectivity index (χ0) is 19.5. The van der Waals surface area contributed by atoms with Gasteiger partial charge in [0.25, 0.3) is 5.91 Å². The summed E-state index contributed by atoms with van der Waals surface area (Å²) >= 11 is 6.10. The lowest BCUT2D eigenvalue weighted by Gasteiger charge is -2.25. The van der Waals surface area contributed by atoms with Crippen molar-refractivity contribution in [1.29, 1.82) is 0 Å². The molecule has 0 bridgehead atoms. The van der Waals surface area contributed by atoms with E-state index in [4.69, 9.17) is 11.6 Å². The van der Waals surface area contributed by atoms with E-state index in [9.17, 15) is 4.79 Å². The normalized spacial score (nSPS) is 25.4. The number of likely N-dealkylation sites (N-methyl/N-ethyl adjacent to an activating group) is 1. The Balaban J connectivity index is 1.41. The number of allylic oxidation sites excluding steroid dienone is 4. The summed E-state index contributed by atoms with van der Waals surface area (Å²) in [6.07, 6.45) is 5.42. The summed E-state index contributed by atoms with van der Waals surface area (Å²) in [5.41, 5.74) is 2.46. The van der Waals surface area contributed by atoms with Crippen molar-refractivity contribution in [2.45, 2.75) is 12.6 Å². The smallest absolute Gasteiger partial charge is 0.268 e. The molecule has 1 amide bonds. The van der Waals surface area contributed by atoms with Gasteiger partial charge in [0.1, 0.15) is 5.71 Å². The summed E-state index contributed by atoms with van der Waals surface area (Å²) < 4.78 is 0. The number of hydrogen-bond acceptors (Lipinski definition) is 5. The zero-order valence-corrected chi connectivity index (χ0v) is 16.6. The second-order valence-corrected chi connectivity index (χ2v) is 7.96. The number of nitrogens with one attached hydrogen (secondary N) is 1. The van der Waals surface area contributed by atoms with Gasteiger partial charge in [0.2, 0.25) is 0 Å². The van der Waals surface area contributed by atoms with Crippen LogP contribution >= 0.6 is 11.6 Å². The largest absolute Gasteiger partial charge is 0.346 e. The van der Waals surface area contributed by atoms with Crippen molar-refractivity contribution in [3.8, 4) is 0 Å². The minimum Gasteiger partial charge on any atom is -0.346 e. The molecule has 1 fully saturated rings. The maximum Gasteiger partial charge on any atom is 0.268 e. The van der Waals surface area contributed by atoms with E-state index < -0.39 is 0 Å². The number of halogens is 1. The summed E-state index contributed by atoms with van der Waals surface area (Å²) in [4.78, 5) is 17.6. The van der Waals surface area contributed by atoms with Crippen molar-refractivity contribution in [3.63, 3.8) is 0 Å². The van der Waals surface area contributed by atoms with E-state index in [-0.39, 0.29) is 17.9 Å². The molecule has 0 radical (unpaired) electrons. The molecule has 6 nitrogen and oxygen atoms in total. The maximum absolute atomic E-state index is 12.9. The molecule has 2 heterocycles. The Hall–Kier alpha value is -2.28. The van der Waals surface area contributed by atoms with Crippen LogP contribution in [0.5, 0.6) is 0 Å². The van der Waals surface area contributed by atoms with E-state index in [1.807, 2.05) is 18.2 Å². The summed E-state index contributed by atoms with van der Waals surface area (Å²) in [6.45, 7) is 4.42. The van der Waals surface area contributed by atoms with Crippen LogP contribution < -0.4 is 5.32 Å². The van der Waals surface area contributed by atoms with E-state index >= 15 is 0 Å². The van der Waals surface area contributed by atoms with Gasteiger partial charge in [0.15, 0.2) is 0 Å². The van der Waals surface area contributed by atoms with Gasteiger partial charge in [-0.25, -0.2) is 0 Å². The van der Waals surface area contributed by atoms with E-state index in [1.165, 1.54) is 5.56 Å². The van der Waals surface area contributed by atoms with Gasteiger partial charge < -0.3 is 10.2 Å². The molecular weight excluding hydrogens is 374 g/mol. The van der Waals surface area contributed by atoms with Crippen molar-refractivity contribution in [2.24, 2.45) is 16.1 Å². The van der Waals surface area contributed by atoms with E-state index in [0.29, 0.717) is 10.7 Å². The molecule has 1 saturated heterocycles. The predicted molar refractivity (Wildman–Crippen MR) is 113 cm³/mol. The average molecular weight is 398 g/mol. The van der Waals surface area contributed by atoms with Crippen molar-refractivity contribution in [3.05, 3.63) is 59.2 Å². The van der Waals surface area contributed by atoms with Crippen LogP contribution in [-0.2, 0) is 11.3 Å². The molecule has 4 rings (SSSR count). The Bertz CT molecular complexity index is 861. The first-order chi connectivity index (χ1) is 13.6. The number of carbonyl (C=O) groups is 1. The van der Waals surface area contributed by atoms with Crippen molar-refractivity contribution >= 4 is 28.9 Å². The van der Waals surface area contributed by atoms with E-state index in [2.05, 4.69) is 56.6 Å². The summed E-state index contributed by atoms with van der Waals surface area (Å²) in [5, 5.41) is 12.0. The minimum absolute atomic E-state index is 0.0223. The second-order valence-electron chi connectivity index (χ2n) is 7.53. The average Bonchev–Trinajstić information content (AvgIpc) is 3.01. The second kappa shape index (κ2) is 8.39. The number of amides is 1. The summed E-state index contributed by atoms with van der Waals surface area (Å²) in [5.74, 6) is -0.416. The molecule has 28 heavy (non-hydrogen) atoms. The number of hydrogen-bond donors (Lipinski definition) is 1. The first kappa shape index (κ1) is 19.1. The zero-order valence-electron chi connectivity index (χ0n) is 15.9. The quantitative estimate of drug-likeness (QED) is 0.845. The Labute approximate surface area is 170 Å². The van der Waals surface area contributed by atoms with Crippen LogP contribution in [0.1, 0.15) is 5.56 Å². The van der Waals surface area contributed by atoms with Gasteiger partial charge in [0, 0.05) is 37.8 Å². The van der Waals surface area contributed by atoms with Crippen molar-refractivity contribution in [1.82, 2.24) is 15.1 Å². The lowest BCUT2D eigenvalue weighted by molar-refractivity contribution is -0.115. The van der Waals surface area contributed by atoms with Crippen LogP contribution in [0, 0.1) is 5.92 Å². The standard InChI is InChI=1S/C21H24ClN5O/c1-26-9-10-27(12-15-5-3-2-4-6-15)14-17(13-26)23-21(28)20-18-11-16(22)7-8-19(18)24-25-20/h2-8,11,17-18H,9-10,12-14H2,1H3,(H,23,28). The van der Waals surface area contributed by atoms with Crippen LogP contribution in [0.2, 0.25) is 0 Å². The predicted octanol–water partition coefficient (Wildman–Crippen LogP) is 2.04. The first-order valence-electron chi connectivity index (χ1n) is 9.55. The molecule has 146 valence electrons. The van der Waals surface area contributed by atoms with Crippen molar-refractivity contribution in [2.75, 3.05) is 33.2 Å². The number of benzene rings is 1. The minimum atomic E-state index is -0.249. The fraction of sp³-hybridized carbons (Fsp3) is 0.381. The molecule has 1 N–H and O–H groups in total. The maximum atomic E-state index is 12.9. The van der Waals surface area contributed by atoms with Gasteiger partial charge in [0.05, 0.1) is 17.7 Å². The molecule has 1 aromatic carbocycles. The molecule has 2 aliphatic heterocycles. The topological polar surface area (TPSA) is 60.3 Å². The third-order valence-corrected chi connectivity index (χ3v) is 5.50. The number of nitrogens with zero attached hydrogens (tertiary/aromatic N) is 4. The van der Waals surface area contributed by atoms with Gasteiger partial charge in [-0.15, -0.1) is 5.10 Å². The van der Waals surface area contributed by atoms with Gasteiger partial charge in [-0.2, -0.15) is 5.10 Å².